The Labute approximate surface area is 87.1 Å². The molecule has 0 aromatic heterocycles. The molecule has 0 bridgehead atoms. The van der Waals surface area contributed by atoms with Crippen molar-refractivity contribution in [2.75, 3.05) is 0 Å². The molecular weight excluding hydrogens is 364 g/mol. The smallest absolute Gasteiger partial charge is 0 e. The third-order valence-electron chi connectivity index (χ3n) is 0. The predicted octanol–water partition coefficient (Wildman–Crippen LogP) is -2.11. The molecule has 4 heteroatoms. The summed E-state index contributed by atoms with van der Waals surface area (Å²) in [7, 11) is 0. The van der Waals surface area contributed by atoms with Crippen molar-refractivity contribution in [3.05, 3.63) is 0 Å². The maximum atomic E-state index is 0. The molecule has 0 heterocycles. The van der Waals surface area contributed by atoms with Crippen LogP contribution < -0.4 is 0 Å². The van der Waals surface area contributed by atoms with Crippen molar-refractivity contribution in [2.45, 2.75) is 0 Å². The fourth-order valence-electron chi connectivity index (χ4n) is 0. The summed E-state index contributed by atoms with van der Waals surface area (Å²) >= 11 is 0. The Morgan fingerprint density at radius 2 is 0.750 bits per heavy atom. The van der Waals surface area contributed by atoms with Crippen LogP contribution in [0.15, 0.2) is 0 Å². The van der Waals surface area contributed by atoms with E-state index in [9.17, 15) is 0 Å². The van der Waals surface area contributed by atoms with E-state index in [0.717, 1.165) is 0 Å². The zero-order valence-corrected chi connectivity index (χ0v) is 12.1. The van der Waals surface area contributed by atoms with Crippen LogP contribution in [0, 0.1) is 0 Å². The Morgan fingerprint density at radius 3 is 0.750 bits per heavy atom. The van der Waals surface area contributed by atoms with Crippen molar-refractivity contribution in [2.24, 2.45) is 0 Å². The first-order chi connectivity index (χ1) is 0. The van der Waals surface area contributed by atoms with Crippen molar-refractivity contribution in [1.82, 2.24) is 0 Å². The fourth-order valence-corrected chi connectivity index (χ4v) is 0. The summed E-state index contributed by atoms with van der Waals surface area (Å²) in [5.41, 5.74) is 0. The molecule has 4 heavy (non-hydrogen) atoms. The van der Waals surface area contributed by atoms with Crippen LogP contribution in [0.2, 0.25) is 0 Å². The standard InChI is InChI=1S/In.Sn.2Zn.5H. The van der Waals surface area contributed by atoms with Crippen molar-refractivity contribution in [3.63, 3.8) is 0 Å². The SMILES string of the molecule is [InH3].[SnH2].[Zn].[Zn]. The molecule has 0 atom stereocenters. The summed E-state index contributed by atoms with van der Waals surface area (Å²) in [4.78, 5) is 0. The molecule has 0 aliphatic rings. The van der Waals surface area contributed by atoms with Crippen LogP contribution in [0.25, 0.3) is 0 Å². The molecule has 0 N–H and O–H groups in total. The minimum absolute atomic E-state index is 0. The largest absolute Gasteiger partial charge is 0 e. The monoisotopic (exact) mass is 368 g/mol. The van der Waals surface area contributed by atoms with Crippen molar-refractivity contribution in [1.29, 1.82) is 0 Å². The second kappa shape index (κ2) is 16.8. The van der Waals surface area contributed by atoms with Crippen molar-refractivity contribution in [3.8, 4) is 0 Å². The van der Waals surface area contributed by atoms with Crippen molar-refractivity contribution < 1.29 is 39.0 Å². The molecule has 0 saturated heterocycles. The van der Waals surface area contributed by atoms with E-state index < -0.39 is 0 Å². The molecule has 0 fully saturated rings. The molecule has 0 aliphatic heterocycles. The summed E-state index contributed by atoms with van der Waals surface area (Å²) in [6.45, 7) is 0. The van der Waals surface area contributed by atoms with Gasteiger partial charge in [0.2, 0.25) is 0 Å². The molecule has 0 nitrogen and oxygen atoms in total. The van der Waals surface area contributed by atoms with Gasteiger partial charge in [0, 0.05) is 39.0 Å². The first-order valence-corrected chi connectivity index (χ1v) is 0. The number of hydrogen-bond acceptors (Lipinski definition) is 0. The Hall–Kier alpha value is 2.92. The third kappa shape index (κ3) is 8.87. The summed E-state index contributed by atoms with van der Waals surface area (Å²) in [6, 6.07) is 0. The van der Waals surface area contributed by atoms with Crippen LogP contribution in [0.3, 0.4) is 0 Å². The van der Waals surface area contributed by atoms with Gasteiger partial charge in [-0.3, -0.25) is 0 Å². The average Bonchev–Trinajstić information content (AvgIpc) is 0. The number of rotatable bonds is 0. The molecular formula is H5InSnZn2. The molecule has 0 aliphatic carbocycles. The van der Waals surface area contributed by atoms with E-state index in [1.54, 1.807) is 0 Å². The van der Waals surface area contributed by atoms with Crippen LogP contribution in [0.4, 0.5) is 0 Å². The molecule has 2 radical (unpaired) electrons. The summed E-state index contributed by atoms with van der Waals surface area (Å²) in [5.74, 6) is 0. The molecule has 0 spiro atoms. The fraction of sp³-hybridized carbons (Fsp3) is 0. The average molecular weight is 369 g/mol. The maximum absolute atomic E-state index is 0. The summed E-state index contributed by atoms with van der Waals surface area (Å²) < 4.78 is 0. The molecule has 16 valence electrons. The van der Waals surface area contributed by atoms with Gasteiger partial charge in [-0.05, 0) is 0 Å². The van der Waals surface area contributed by atoms with Gasteiger partial charge in [-0.2, -0.15) is 0 Å². The zero-order chi connectivity index (χ0) is 0. The van der Waals surface area contributed by atoms with Gasteiger partial charge in [-0.1, -0.05) is 0 Å². The predicted molar refractivity (Wildman–Crippen MR) is 18.5 cm³/mol. The van der Waals surface area contributed by atoms with Crippen LogP contribution >= 0.6 is 0 Å². The van der Waals surface area contributed by atoms with Gasteiger partial charge in [0.1, 0.15) is 0 Å². The topological polar surface area (TPSA) is 0 Å². The molecule has 0 aromatic rings. The first-order valence-electron chi connectivity index (χ1n) is 0. The van der Waals surface area contributed by atoms with Gasteiger partial charge in [0.05, 0.1) is 0 Å². The molecule has 0 amide bonds. The number of hydrogen-bond donors (Lipinski definition) is 0. The Kier molecular flexibility index (Phi) is 120. The van der Waals surface area contributed by atoms with Gasteiger partial charge < -0.3 is 0 Å². The van der Waals surface area contributed by atoms with Crippen LogP contribution in [0.5, 0.6) is 0 Å². The van der Waals surface area contributed by atoms with E-state index in [-0.39, 0.29) is 88.7 Å². The minimum atomic E-state index is 0. The summed E-state index contributed by atoms with van der Waals surface area (Å²) in [5, 5.41) is 0. The minimum Gasteiger partial charge on any atom is 0 e. The zero-order valence-electron chi connectivity index (χ0n) is 2.12. The first kappa shape index (κ1) is 28.5. The van der Waals surface area contributed by atoms with Crippen LogP contribution in [-0.2, 0) is 39.0 Å². The second-order valence-corrected chi connectivity index (χ2v) is 0. The quantitative estimate of drug-likeness (QED) is 0.429. The maximum Gasteiger partial charge on any atom is 0 e. The van der Waals surface area contributed by atoms with E-state index in [1.807, 2.05) is 0 Å². The normalized spacial score (nSPS) is 0. The van der Waals surface area contributed by atoms with Gasteiger partial charge in [0.25, 0.3) is 0 Å². The Bertz CT molecular complexity index is 6.00. The Morgan fingerprint density at radius 1 is 0.750 bits per heavy atom. The van der Waals surface area contributed by atoms with E-state index >= 15 is 0 Å². The van der Waals surface area contributed by atoms with Crippen molar-refractivity contribution >= 4 is 49.8 Å². The third-order valence-corrected chi connectivity index (χ3v) is 0. The van der Waals surface area contributed by atoms with Crippen LogP contribution in [0.1, 0.15) is 0 Å². The van der Waals surface area contributed by atoms with E-state index in [0.29, 0.717) is 0 Å². The van der Waals surface area contributed by atoms with Gasteiger partial charge in [-0.25, -0.2) is 0 Å². The second-order valence-electron chi connectivity index (χ2n) is 0. The Balaban J connectivity index is 0. The van der Waals surface area contributed by atoms with E-state index in [2.05, 4.69) is 0 Å². The van der Waals surface area contributed by atoms with Gasteiger partial charge in [0.15, 0.2) is 0 Å². The molecule has 0 aromatic carbocycles. The molecule has 0 rings (SSSR count). The van der Waals surface area contributed by atoms with E-state index in [1.165, 1.54) is 0 Å². The summed E-state index contributed by atoms with van der Waals surface area (Å²) in [6.07, 6.45) is 0. The van der Waals surface area contributed by atoms with Gasteiger partial charge in [-0.15, -0.1) is 0 Å². The van der Waals surface area contributed by atoms with E-state index in [4.69, 9.17) is 0 Å². The van der Waals surface area contributed by atoms with Crippen LogP contribution in [-0.4, -0.2) is 49.8 Å². The molecule has 0 saturated carbocycles. The van der Waals surface area contributed by atoms with Gasteiger partial charge >= 0.3 is 49.8 Å². The molecule has 0 unspecified atom stereocenters.